The molecule has 0 fully saturated rings. The Hall–Kier alpha value is -1.63. The number of carbonyl (C=O) groups excluding carboxylic acids is 1. The Balaban J connectivity index is 2.97. The standard InChI is InChI=1S/C8H8BrN3O3/c1-10-8(13)11-5-2-3-6(9)7(4-5)12(14)15/h2-4H,1H3,(H2,10,11,13). The molecule has 1 rings (SSSR count). The van der Waals surface area contributed by atoms with Gasteiger partial charge in [-0.3, -0.25) is 10.1 Å². The number of halogens is 1. The second-order valence-corrected chi connectivity index (χ2v) is 3.48. The Labute approximate surface area is 93.9 Å². The molecule has 6 nitrogen and oxygen atoms in total. The average molecular weight is 274 g/mol. The van der Waals surface area contributed by atoms with Crippen molar-refractivity contribution in [2.45, 2.75) is 0 Å². The minimum atomic E-state index is -0.529. The highest BCUT2D eigenvalue weighted by molar-refractivity contribution is 9.10. The fourth-order valence-corrected chi connectivity index (χ4v) is 1.32. The number of nitrogens with zero attached hydrogens (tertiary/aromatic N) is 1. The molecule has 80 valence electrons. The molecule has 0 unspecified atom stereocenters. The van der Waals surface area contributed by atoms with Crippen LogP contribution < -0.4 is 10.6 Å². The third-order valence-corrected chi connectivity index (χ3v) is 2.30. The van der Waals surface area contributed by atoms with Gasteiger partial charge in [0.05, 0.1) is 9.40 Å². The van der Waals surface area contributed by atoms with Crippen molar-refractivity contribution in [2.24, 2.45) is 0 Å². The molecule has 0 radical (unpaired) electrons. The minimum absolute atomic E-state index is 0.0936. The van der Waals surface area contributed by atoms with Crippen molar-refractivity contribution < 1.29 is 9.72 Å². The second kappa shape index (κ2) is 4.74. The molecule has 0 bridgehead atoms. The Morgan fingerprint density at radius 3 is 2.73 bits per heavy atom. The van der Waals surface area contributed by atoms with Crippen LogP contribution in [0.25, 0.3) is 0 Å². The van der Waals surface area contributed by atoms with E-state index in [0.717, 1.165) is 0 Å². The van der Waals surface area contributed by atoms with Gasteiger partial charge >= 0.3 is 6.03 Å². The Morgan fingerprint density at radius 1 is 1.53 bits per heavy atom. The maximum absolute atomic E-state index is 10.9. The zero-order valence-corrected chi connectivity index (χ0v) is 9.37. The molecule has 0 atom stereocenters. The lowest BCUT2D eigenvalue weighted by Gasteiger charge is -2.04. The molecule has 0 aromatic heterocycles. The van der Waals surface area contributed by atoms with E-state index >= 15 is 0 Å². The van der Waals surface area contributed by atoms with E-state index in [9.17, 15) is 14.9 Å². The molecular formula is C8H8BrN3O3. The summed E-state index contributed by atoms with van der Waals surface area (Å²) in [6.45, 7) is 0. The molecule has 0 aliphatic heterocycles. The summed E-state index contributed by atoms with van der Waals surface area (Å²) in [6.07, 6.45) is 0. The molecule has 7 heteroatoms. The molecule has 1 aromatic rings. The summed E-state index contributed by atoms with van der Waals surface area (Å²) in [5.41, 5.74) is 0.271. The summed E-state index contributed by atoms with van der Waals surface area (Å²) in [7, 11) is 1.46. The van der Waals surface area contributed by atoms with Crippen LogP contribution in [-0.2, 0) is 0 Å². The second-order valence-electron chi connectivity index (χ2n) is 2.63. The first-order valence-electron chi connectivity index (χ1n) is 3.97. The van der Waals surface area contributed by atoms with Crippen molar-refractivity contribution in [3.8, 4) is 0 Å². The molecule has 15 heavy (non-hydrogen) atoms. The normalized spacial score (nSPS) is 9.47. The van der Waals surface area contributed by atoms with Gasteiger partial charge in [0.25, 0.3) is 5.69 Å². The number of nitro benzene ring substituents is 1. The van der Waals surface area contributed by atoms with Crippen LogP contribution in [-0.4, -0.2) is 18.0 Å². The van der Waals surface area contributed by atoms with Crippen molar-refractivity contribution in [3.05, 3.63) is 32.8 Å². The molecule has 1 aromatic carbocycles. The van der Waals surface area contributed by atoms with Crippen molar-refractivity contribution in [2.75, 3.05) is 12.4 Å². The zero-order chi connectivity index (χ0) is 11.4. The van der Waals surface area contributed by atoms with Crippen LogP contribution in [0.2, 0.25) is 0 Å². The lowest BCUT2D eigenvalue weighted by Crippen LogP contribution is -2.24. The molecule has 2 N–H and O–H groups in total. The predicted octanol–water partition coefficient (Wildman–Crippen LogP) is 2.11. The van der Waals surface area contributed by atoms with Crippen LogP contribution in [0.4, 0.5) is 16.2 Å². The SMILES string of the molecule is CNC(=O)Nc1ccc(Br)c([N+](=O)[O-])c1. The fraction of sp³-hybridized carbons (Fsp3) is 0.125. The zero-order valence-electron chi connectivity index (χ0n) is 7.78. The first-order valence-corrected chi connectivity index (χ1v) is 4.76. The summed E-state index contributed by atoms with van der Waals surface area (Å²) >= 11 is 3.04. The van der Waals surface area contributed by atoms with Gasteiger partial charge in [0.2, 0.25) is 0 Å². The van der Waals surface area contributed by atoms with Gasteiger partial charge in [0.1, 0.15) is 0 Å². The van der Waals surface area contributed by atoms with Gasteiger partial charge in [-0.15, -0.1) is 0 Å². The number of amides is 2. The van der Waals surface area contributed by atoms with Gasteiger partial charge in [-0.1, -0.05) is 0 Å². The predicted molar refractivity (Wildman–Crippen MR) is 58.9 cm³/mol. The molecule has 0 spiro atoms. The van der Waals surface area contributed by atoms with E-state index in [-0.39, 0.29) is 5.69 Å². The number of benzene rings is 1. The van der Waals surface area contributed by atoms with Gasteiger partial charge in [0.15, 0.2) is 0 Å². The molecule has 2 amide bonds. The molecule has 0 saturated heterocycles. The molecular weight excluding hydrogens is 266 g/mol. The maximum atomic E-state index is 10.9. The van der Waals surface area contributed by atoms with Crippen molar-refractivity contribution >= 4 is 33.3 Å². The van der Waals surface area contributed by atoms with Gasteiger partial charge in [-0.2, -0.15) is 0 Å². The third-order valence-electron chi connectivity index (χ3n) is 1.63. The minimum Gasteiger partial charge on any atom is -0.341 e. The molecule has 0 aliphatic carbocycles. The van der Waals surface area contributed by atoms with Crippen LogP contribution in [0.5, 0.6) is 0 Å². The number of anilines is 1. The third kappa shape index (κ3) is 2.91. The lowest BCUT2D eigenvalue weighted by atomic mass is 10.3. The Morgan fingerprint density at radius 2 is 2.20 bits per heavy atom. The highest BCUT2D eigenvalue weighted by atomic mass is 79.9. The van der Waals surface area contributed by atoms with E-state index in [0.29, 0.717) is 10.2 Å². The van der Waals surface area contributed by atoms with Gasteiger partial charge in [0, 0.05) is 18.8 Å². The van der Waals surface area contributed by atoms with Crippen LogP contribution in [0.15, 0.2) is 22.7 Å². The smallest absolute Gasteiger partial charge is 0.318 e. The van der Waals surface area contributed by atoms with E-state index in [4.69, 9.17) is 0 Å². The number of urea groups is 1. The van der Waals surface area contributed by atoms with Crippen LogP contribution in [0.3, 0.4) is 0 Å². The summed E-state index contributed by atoms with van der Waals surface area (Å²) in [5, 5.41) is 15.4. The fourth-order valence-electron chi connectivity index (χ4n) is 0.924. The summed E-state index contributed by atoms with van der Waals surface area (Å²) < 4.78 is 0.370. The summed E-state index contributed by atoms with van der Waals surface area (Å²) in [6, 6.07) is 3.92. The number of hydrogen-bond donors (Lipinski definition) is 2. The molecule has 0 heterocycles. The van der Waals surface area contributed by atoms with Gasteiger partial charge in [-0.25, -0.2) is 4.79 Å². The summed E-state index contributed by atoms with van der Waals surface area (Å²) in [4.78, 5) is 21.0. The first kappa shape index (κ1) is 11.4. The largest absolute Gasteiger partial charge is 0.341 e. The number of nitro groups is 1. The number of hydrogen-bond acceptors (Lipinski definition) is 3. The first-order chi connectivity index (χ1) is 7.04. The van der Waals surface area contributed by atoms with Crippen molar-refractivity contribution in [3.63, 3.8) is 0 Å². The monoisotopic (exact) mass is 273 g/mol. The van der Waals surface area contributed by atoms with Crippen LogP contribution in [0.1, 0.15) is 0 Å². The van der Waals surface area contributed by atoms with Gasteiger partial charge in [-0.05, 0) is 28.1 Å². The van der Waals surface area contributed by atoms with E-state index in [1.54, 1.807) is 6.07 Å². The van der Waals surface area contributed by atoms with Crippen LogP contribution in [0, 0.1) is 10.1 Å². The van der Waals surface area contributed by atoms with E-state index in [2.05, 4.69) is 26.6 Å². The summed E-state index contributed by atoms with van der Waals surface area (Å²) in [5.74, 6) is 0. The maximum Gasteiger partial charge on any atom is 0.318 e. The van der Waals surface area contributed by atoms with Crippen molar-refractivity contribution in [1.82, 2.24) is 5.32 Å². The highest BCUT2D eigenvalue weighted by Crippen LogP contribution is 2.27. The number of nitrogens with one attached hydrogen (secondary N) is 2. The number of rotatable bonds is 2. The topological polar surface area (TPSA) is 84.3 Å². The average Bonchev–Trinajstić information content (AvgIpc) is 2.20. The Bertz CT molecular complexity index is 408. The highest BCUT2D eigenvalue weighted by Gasteiger charge is 2.12. The Kier molecular flexibility index (Phi) is 3.62. The van der Waals surface area contributed by atoms with Crippen molar-refractivity contribution in [1.29, 1.82) is 0 Å². The van der Waals surface area contributed by atoms with Crippen LogP contribution >= 0.6 is 15.9 Å². The molecule has 0 saturated carbocycles. The van der Waals surface area contributed by atoms with E-state index < -0.39 is 11.0 Å². The lowest BCUT2D eigenvalue weighted by molar-refractivity contribution is -0.385. The number of carbonyl (C=O) groups is 1. The van der Waals surface area contributed by atoms with Gasteiger partial charge < -0.3 is 10.6 Å². The quantitative estimate of drug-likeness (QED) is 0.639. The molecule has 0 aliphatic rings. The van der Waals surface area contributed by atoms with E-state index in [1.807, 2.05) is 0 Å². The van der Waals surface area contributed by atoms with E-state index in [1.165, 1.54) is 19.2 Å².